The van der Waals surface area contributed by atoms with Crippen molar-refractivity contribution in [1.82, 2.24) is 10.2 Å². The molecule has 2 saturated heterocycles. The molecule has 30 heavy (non-hydrogen) atoms. The third-order valence-corrected chi connectivity index (χ3v) is 5.95. The van der Waals surface area contributed by atoms with Gasteiger partial charge in [-0.05, 0) is 31.8 Å². The molecule has 9 nitrogen and oxygen atoms in total. The molecule has 2 heterocycles. The molecule has 1 aromatic rings. The van der Waals surface area contributed by atoms with E-state index in [1.54, 1.807) is 32.4 Å². The van der Waals surface area contributed by atoms with Crippen molar-refractivity contribution in [2.24, 2.45) is 5.92 Å². The lowest BCUT2D eigenvalue weighted by molar-refractivity contribution is -0.0205. The highest BCUT2D eigenvalue weighted by Crippen LogP contribution is 2.29. The Kier molecular flexibility index (Phi) is 7.76. The number of hydrogen-bond donors (Lipinski definition) is 4. The number of carbonyl (C=O) groups excluding carboxylic acids is 1. The van der Waals surface area contributed by atoms with Crippen LogP contribution in [-0.4, -0.2) is 86.0 Å². The van der Waals surface area contributed by atoms with Gasteiger partial charge in [0.05, 0.1) is 33.0 Å². The molecular formula is C21H33N3O6. The number of carbonyl (C=O) groups is 1. The SMILES string of the molecule is COc1cc(NC(=O)NCC2OC(CO)C(O)C2N2CCC(C)CC2)cc(OC)c1. The van der Waals surface area contributed by atoms with Crippen molar-refractivity contribution in [2.45, 2.75) is 44.1 Å². The van der Waals surface area contributed by atoms with Gasteiger partial charge in [-0.15, -0.1) is 0 Å². The topological polar surface area (TPSA) is 113 Å². The zero-order valence-electron chi connectivity index (χ0n) is 17.8. The van der Waals surface area contributed by atoms with E-state index in [2.05, 4.69) is 22.5 Å². The molecule has 0 saturated carbocycles. The van der Waals surface area contributed by atoms with E-state index in [1.807, 2.05) is 0 Å². The highest BCUT2D eigenvalue weighted by atomic mass is 16.5. The van der Waals surface area contributed by atoms with Crippen LogP contribution in [0.25, 0.3) is 0 Å². The van der Waals surface area contributed by atoms with Gasteiger partial charge in [0.1, 0.15) is 23.7 Å². The summed E-state index contributed by atoms with van der Waals surface area (Å²) in [6, 6.07) is 4.44. The Morgan fingerprint density at radius 3 is 2.37 bits per heavy atom. The highest BCUT2D eigenvalue weighted by molar-refractivity contribution is 5.89. The Morgan fingerprint density at radius 1 is 1.17 bits per heavy atom. The van der Waals surface area contributed by atoms with Gasteiger partial charge in [-0.25, -0.2) is 4.79 Å². The summed E-state index contributed by atoms with van der Waals surface area (Å²) < 4.78 is 16.3. The number of benzene rings is 1. The number of rotatable bonds is 7. The van der Waals surface area contributed by atoms with E-state index < -0.39 is 24.3 Å². The fraction of sp³-hybridized carbons (Fsp3) is 0.667. The minimum atomic E-state index is -0.791. The summed E-state index contributed by atoms with van der Waals surface area (Å²) in [6.45, 7) is 3.94. The van der Waals surface area contributed by atoms with Gasteiger partial charge >= 0.3 is 6.03 Å². The zero-order chi connectivity index (χ0) is 21.7. The predicted octanol–water partition coefficient (Wildman–Crippen LogP) is 1.05. The molecule has 0 aliphatic carbocycles. The second-order valence-corrected chi connectivity index (χ2v) is 8.03. The van der Waals surface area contributed by atoms with Crippen LogP contribution in [-0.2, 0) is 4.74 Å². The van der Waals surface area contributed by atoms with Gasteiger partial charge in [0.2, 0.25) is 0 Å². The first-order valence-electron chi connectivity index (χ1n) is 10.4. The summed E-state index contributed by atoms with van der Waals surface area (Å²) in [7, 11) is 3.08. The first kappa shape index (κ1) is 22.6. The quantitative estimate of drug-likeness (QED) is 0.518. The number of urea groups is 1. The van der Waals surface area contributed by atoms with Crippen LogP contribution in [0, 0.1) is 5.92 Å². The van der Waals surface area contributed by atoms with Gasteiger partial charge in [-0.2, -0.15) is 0 Å². The summed E-state index contributed by atoms with van der Waals surface area (Å²) in [6.07, 6.45) is 0.278. The summed E-state index contributed by atoms with van der Waals surface area (Å²) in [5.41, 5.74) is 0.533. The summed E-state index contributed by atoms with van der Waals surface area (Å²) in [4.78, 5) is 14.7. The third kappa shape index (κ3) is 5.34. The molecule has 3 rings (SSSR count). The lowest BCUT2D eigenvalue weighted by atomic mass is 9.94. The van der Waals surface area contributed by atoms with Crippen LogP contribution >= 0.6 is 0 Å². The summed E-state index contributed by atoms with van der Waals surface area (Å²) in [5, 5.41) is 25.8. The Balaban J connectivity index is 1.60. The fourth-order valence-corrected chi connectivity index (χ4v) is 4.17. The molecule has 0 aromatic heterocycles. The Morgan fingerprint density at radius 2 is 1.80 bits per heavy atom. The number of aliphatic hydroxyl groups excluding tert-OH is 2. The second-order valence-electron chi connectivity index (χ2n) is 8.03. The predicted molar refractivity (Wildman–Crippen MR) is 112 cm³/mol. The van der Waals surface area contributed by atoms with E-state index >= 15 is 0 Å². The van der Waals surface area contributed by atoms with Crippen LogP contribution in [0.1, 0.15) is 19.8 Å². The molecule has 9 heteroatoms. The van der Waals surface area contributed by atoms with Gasteiger partial charge in [0.25, 0.3) is 0 Å². The molecule has 2 fully saturated rings. The minimum Gasteiger partial charge on any atom is -0.497 e. The molecule has 1 aromatic carbocycles. The van der Waals surface area contributed by atoms with Crippen molar-refractivity contribution in [3.8, 4) is 11.5 Å². The average molecular weight is 424 g/mol. The summed E-state index contributed by atoms with van der Waals surface area (Å²) in [5.74, 6) is 1.80. The molecule has 2 amide bonds. The maximum Gasteiger partial charge on any atom is 0.319 e. The smallest absolute Gasteiger partial charge is 0.319 e. The molecule has 168 valence electrons. The van der Waals surface area contributed by atoms with Crippen molar-refractivity contribution in [3.63, 3.8) is 0 Å². The molecule has 0 spiro atoms. The van der Waals surface area contributed by atoms with Crippen LogP contribution in [0.5, 0.6) is 11.5 Å². The van der Waals surface area contributed by atoms with Crippen LogP contribution in [0.15, 0.2) is 18.2 Å². The maximum atomic E-state index is 12.4. The van der Waals surface area contributed by atoms with Crippen molar-refractivity contribution < 1.29 is 29.2 Å². The number of hydrogen-bond acceptors (Lipinski definition) is 7. The van der Waals surface area contributed by atoms with E-state index in [4.69, 9.17) is 14.2 Å². The van der Waals surface area contributed by atoms with Gasteiger partial charge in [0, 0.05) is 30.4 Å². The van der Waals surface area contributed by atoms with Gasteiger partial charge in [0.15, 0.2) is 0 Å². The van der Waals surface area contributed by atoms with E-state index in [-0.39, 0.29) is 19.2 Å². The lowest BCUT2D eigenvalue weighted by Gasteiger charge is -2.38. The van der Waals surface area contributed by atoms with Crippen molar-refractivity contribution in [3.05, 3.63) is 18.2 Å². The van der Waals surface area contributed by atoms with Crippen molar-refractivity contribution in [2.75, 3.05) is 45.8 Å². The molecule has 4 unspecified atom stereocenters. The number of piperidine rings is 1. The van der Waals surface area contributed by atoms with Crippen LogP contribution < -0.4 is 20.1 Å². The molecule has 4 atom stereocenters. The number of nitrogens with zero attached hydrogens (tertiary/aromatic N) is 1. The Labute approximate surface area is 177 Å². The van der Waals surface area contributed by atoms with Gasteiger partial charge < -0.3 is 35.1 Å². The van der Waals surface area contributed by atoms with Crippen molar-refractivity contribution in [1.29, 1.82) is 0 Å². The number of amides is 2. The van der Waals surface area contributed by atoms with Crippen LogP contribution in [0.2, 0.25) is 0 Å². The number of aliphatic hydroxyl groups is 2. The van der Waals surface area contributed by atoms with E-state index in [9.17, 15) is 15.0 Å². The fourth-order valence-electron chi connectivity index (χ4n) is 4.17. The Hall–Kier alpha value is -2.07. The number of methoxy groups -OCH3 is 2. The van der Waals surface area contributed by atoms with Crippen LogP contribution in [0.4, 0.5) is 10.5 Å². The first-order chi connectivity index (χ1) is 14.4. The first-order valence-corrected chi connectivity index (χ1v) is 10.4. The third-order valence-electron chi connectivity index (χ3n) is 5.95. The number of nitrogens with one attached hydrogen (secondary N) is 2. The average Bonchev–Trinajstić information content (AvgIpc) is 3.07. The van der Waals surface area contributed by atoms with Crippen molar-refractivity contribution >= 4 is 11.7 Å². The largest absolute Gasteiger partial charge is 0.497 e. The molecule has 2 aliphatic heterocycles. The number of likely N-dealkylation sites (tertiary alicyclic amines) is 1. The van der Waals surface area contributed by atoms with E-state index in [0.29, 0.717) is 23.1 Å². The van der Waals surface area contributed by atoms with Gasteiger partial charge in [-0.1, -0.05) is 6.92 Å². The number of ether oxygens (including phenoxy) is 3. The van der Waals surface area contributed by atoms with Gasteiger partial charge in [-0.3, -0.25) is 4.90 Å². The molecule has 0 bridgehead atoms. The lowest BCUT2D eigenvalue weighted by Crippen LogP contribution is -2.53. The van der Waals surface area contributed by atoms with E-state index in [1.165, 1.54) is 0 Å². The molecule has 0 radical (unpaired) electrons. The zero-order valence-corrected chi connectivity index (χ0v) is 17.8. The van der Waals surface area contributed by atoms with E-state index in [0.717, 1.165) is 25.9 Å². The monoisotopic (exact) mass is 423 g/mol. The molecular weight excluding hydrogens is 390 g/mol. The standard InChI is InChI=1S/C21H33N3O6/c1-13-4-6-24(7-5-13)19-17(30-18(12-25)20(19)26)11-22-21(27)23-14-8-15(28-2)10-16(9-14)29-3/h8-10,13,17-20,25-26H,4-7,11-12H2,1-3H3,(H2,22,23,27). The Bertz CT molecular complexity index is 688. The normalized spacial score (nSPS) is 27.6. The second kappa shape index (κ2) is 10.3. The number of anilines is 1. The highest BCUT2D eigenvalue weighted by Gasteiger charge is 2.46. The minimum absolute atomic E-state index is 0.219. The maximum absolute atomic E-state index is 12.4. The molecule has 4 N–H and O–H groups in total. The molecule has 2 aliphatic rings. The van der Waals surface area contributed by atoms with Crippen LogP contribution in [0.3, 0.4) is 0 Å². The summed E-state index contributed by atoms with van der Waals surface area (Å²) >= 11 is 0.